The van der Waals surface area contributed by atoms with Crippen molar-refractivity contribution < 1.29 is 4.39 Å². The second-order valence-corrected chi connectivity index (χ2v) is 5.22. The fraction of sp³-hybridized carbons (Fsp3) is 0.571. The summed E-state index contributed by atoms with van der Waals surface area (Å²) in [5, 5.41) is 6.84. The number of rotatable bonds is 4. The predicted octanol–water partition coefficient (Wildman–Crippen LogP) is 2.26. The van der Waals surface area contributed by atoms with Crippen LogP contribution < -0.4 is 10.6 Å². The standard InChI is InChI=1S/C14H21FN2/c1-10(2)6-16-8-12-9-17-7-11-3-4-13(15)5-14(11)12/h3-5,10,12,16-17H,6-9H2,1-2H3. The molecule has 1 aromatic rings. The number of hydrogen-bond donors (Lipinski definition) is 2. The van der Waals surface area contributed by atoms with Crippen LogP contribution in [0.25, 0.3) is 0 Å². The molecule has 0 amide bonds. The van der Waals surface area contributed by atoms with Crippen LogP contribution in [0.3, 0.4) is 0 Å². The molecule has 17 heavy (non-hydrogen) atoms. The van der Waals surface area contributed by atoms with Crippen LogP contribution >= 0.6 is 0 Å². The number of hydrogen-bond acceptors (Lipinski definition) is 2. The first-order chi connectivity index (χ1) is 8.16. The van der Waals surface area contributed by atoms with Crippen LogP contribution in [0.5, 0.6) is 0 Å². The Labute approximate surface area is 103 Å². The predicted molar refractivity (Wildman–Crippen MR) is 68.6 cm³/mol. The SMILES string of the molecule is CC(C)CNCC1CNCc2ccc(F)cc21. The average molecular weight is 236 g/mol. The van der Waals surface area contributed by atoms with E-state index < -0.39 is 0 Å². The topological polar surface area (TPSA) is 24.1 Å². The molecule has 1 heterocycles. The van der Waals surface area contributed by atoms with E-state index in [4.69, 9.17) is 0 Å². The van der Waals surface area contributed by atoms with Gasteiger partial charge in [0, 0.05) is 25.6 Å². The Morgan fingerprint density at radius 2 is 2.29 bits per heavy atom. The Bertz CT molecular complexity index is 376. The first-order valence-electron chi connectivity index (χ1n) is 6.36. The van der Waals surface area contributed by atoms with Crippen molar-refractivity contribution in [3.63, 3.8) is 0 Å². The maximum atomic E-state index is 13.3. The van der Waals surface area contributed by atoms with E-state index in [2.05, 4.69) is 24.5 Å². The number of benzene rings is 1. The summed E-state index contributed by atoms with van der Waals surface area (Å²) in [7, 11) is 0. The largest absolute Gasteiger partial charge is 0.316 e. The molecule has 0 saturated carbocycles. The van der Waals surface area contributed by atoms with Gasteiger partial charge in [0.1, 0.15) is 5.82 Å². The average Bonchev–Trinajstić information content (AvgIpc) is 2.29. The van der Waals surface area contributed by atoms with E-state index in [0.717, 1.165) is 26.2 Å². The first kappa shape index (κ1) is 12.5. The molecule has 0 bridgehead atoms. The highest BCUT2D eigenvalue weighted by Crippen LogP contribution is 2.24. The van der Waals surface area contributed by atoms with Gasteiger partial charge >= 0.3 is 0 Å². The zero-order valence-electron chi connectivity index (χ0n) is 10.6. The minimum Gasteiger partial charge on any atom is -0.316 e. The molecule has 0 aromatic heterocycles. The van der Waals surface area contributed by atoms with E-state index in [1.165, 1.54) is 11.1 Å². The molecule has 1 atom stereocenters. The van der Waals surface area contributed by atoms with E-state index in [9.17, 15) is 4.39 Å². The van der Waals surface area contributed by atoms with Gasteiger partial charge in [-0.2, -0.15) is 0 Å². The summed E-state index contributed by atoms with van der Waals surface area (Å²) in [5.41, 5.74) is 2.40. The van der Waals surface area contributed by atoms with E-state index in [-0.39, 0.29) is 5.82 Å². The summed E-state index contributed by atoms with van der Waals surface area (Å²) >= 11 is 0. The third kappa shape index (κ3) is 3.27. The third-order valence-electron chi connectivity index (χ3n) is 3.20. The van der Waals surface area contributed by atoms with Crippen LogP contribution in [0.15, 0.2) is 18.2 Å². The Morgan fingerprint density at radius 3 is 3.06 bits per heavy atom. The summed E-state index contributed by atoms with van der Waals surface area (Å²) < 4.78 is 13.3. The highest BCUT2D eigenvalue weighted by atomic mass is 19.1. The van der Waals surface area contributed by atoms with Crippen molar-refractivity contribution in [2.24, 2.45) is 5.92 Å². The lowest BCUT2D eigenvalue weighted by Crippen LogP contribution is -2.35. The highest BCUT2D eigenvalue weighted by molar-refractivity contribution is 5.33. The zero-order valence-corrected chi connectivity index (χ0v) is 10.6. The molecule has 1 aliphatic rings. The van der Waals surface area contributed by atoms with Gasteiger partial charge < -0.3 is 10.6 Å². The van der Waals surface area contributed by atoms with Gasteiger partial charge in [-0.1, -0.05) is 19.9 Å². The molecule has 3 heteroatoms. The van der Waals surface area contributed by atoms with Gasteiger partial charge in [-0.15, -0.1) is 0 Å². The monoisotopic (exact) mass is 236 g/mol. The minimum atomic E-state index is -0.125. The molecule has 0 fully saturated rings. The van der Waals surface area contributed by atoms with Gasteiger partial charge in [0.05, 0.1) is 0 Å². The fourth-order valence-electron chi connectivity index (χ4n) is 2.33. The van der Waals surface area contributed by atoms with Gasteiger partial charge in [-0.25, -0.2) is 4.39 Å². The third-order valence-corrected chi connectivity index (χ3v) is 3.20. The first-order valence-corrected chi connectivity index (χ1v) is 6.36. The second kappa shape index (κ2) is 5.61. The van der Waals surface area contributed by atoms with E-state index in [0.29, 0.717) is 11.8 Å². The normalized spacial score (nSPS) is 19.4. The van der Waals surface area contributed by atoms with Crippen molar-refractivity contribution in [1.82, 2.24) is 10.6 Å². The molecule has 2 N–H and O–H groups in total. The molecule has 1 aliphatic heterocycles. The van der Waals surface area contributed by atoms with Crippen molar-refractivity contribution >= 4 is 0 Å². The molecular formula is C14H21FN2. The summed E-state index contributed by atoms with van der Waals surface area (Å²) in [6, 6.07) is 5.13. The maximum absolute atomic E-state index is 13.3. The number of fused-ring (bicyclic) bond motifs is 1. The minimum absolute atomic E-state index is 0.125. The van der Waals surface area contributed by atoms with Gasteiger partial charge in [0.15, 0.2) is 0 Å². The Kier molecular flexibility index (Phi) is 4.13. The quantitative estimate of drug-likeness (QED) is 0.838. The van der Waals surface area contributed by atoms with Gasteiger partial charge in [0.2, 0.25) is 0 Å². The Hall–Kier alpha value is -0.930. The number of halogens is 1. The summed E-state index contributed by atoms with van der Waals surface area (Å²) in [5.74, 6) is 0.909. The van der Waals surface area contributed by atoms with Crippen LogP contribution in [0.1, 0.15) is 30.9 Å². The van der Waals surface area contributed by atoms with Crippen molar-refractivity contribution in [2.75, 3.05) is 19.6 Å². The molecule has 2 rings (SSSR count). The lowest BCUT2D eigenvalue weighted by atomic mass is 9.90. The lowest BCUT2D eigenvalue weighted by Gasteiger charge is -2.27. The fourth-order valence-corrected chi connectivity index (χ4v) is 2.33. The van der Waals surface area contributed by atoms with Gasteiger partial charge in [-0.3, -0.25) is 0 Å². The van der Waals surface area contributed by atoms with Crippen molar-refractivity contribution in [3.8, 4) is 0 Å². The smallest absolute Gasteiger partial charge is 0.123 e. The van der Waals surface area contributed by atoms with Crippen molar-refractivity contribution in [2.45, 2.75) is 26.3 Å². The molecule has 1 aromatic carbocycles. The molecule has 1 unspecified atom stereocenters. The van der Waals surface area contributed by atoms with Crippen LogP contribution in [-0.4, -0.2) is 19.6 Å². The van der Waals surface area contributed by atoms with Crippen molar-refractivity contribution in [1.29, 1.82) is 0 Å². The van der Waals surface area contributed by atoms with E-state index >= 15 is 0 Å². The van der Waals surface area contributed by atoms with Crippen LogP contribution in [-0.2, 0) is 6.54 Å². The van der Waals surface area contributed by atoms with Crippen molar-refractivity contribution in [3.05, 3.63) is 35.1 Å². The molecule has 0 aliphatic carbocycles. The molecule has 94 valence electrons. The van der Waals surface area contributed by atoms with Crippen LogP contribution in [0, 0.1) is 11.7 Å². The molecule has 0 saturated heterocycles. The molecular weight excluding hydrogens is 215 g/mol. The van der Waals surface area contributed by atoms with Gasteiger partial charge in [-0.05, 0) is 35.7 Å². The number of nitrogens with one attached hydrogen (secondary N) is 2. The molecule has 0 spiro atoms. The Morgan fingerprint density at radius 1 is 1.47 bits per heavy atom. The van der Waals surface area contributed by atoms with Gasteiger partial charge in [0.25, 0.3) is 0 Å². The summed E-state index contributed by atoms with van der Waals surface area (Å²) in [4.78, 5) is 0. The van der Waals surface area contributed by atoms with E-state index in [1.807, 2.05) is 6.07 Å². The second-order valence-electron chi connectivity index (χ2n) is 5.22. The summed E-state index contributed by atoms with van der Waals surface area (Å²) in [6.07, 6.45) is 0. The zero-order chi connectivity index (χ0) is 12.3. The molecule has 0 radical (unpaired) electrons. The Balaban J connectivity index is 2.03. The highest BCUT2D eigenvalue weighted by Gasteiger charge is 2.19. The van der Waals surface area contributed by atoms with Crippen LogP contribution in [0.2, 0.25) is 0 Å². The maximum Gasteiger partial charge on any atom is 0.123 e. The molecule has 2 nitrogen and oxygen atoms in total. The van der Waals surface area contributed by atoms with Crippen LogP contribution in [0.4, 0.5) is 4.39 Å². The van der Waals surface area contributed by atoms with E-state index in [1.54, 1.807) is 12.1 Å². The summed E-state index contributed by atoms with van der Waals surface area (Å²) in [6.45, 7) is 8.11. The lowest BCUT2D eigenvalue weighted by molar-refractivity contribution is 0.473.